The Kier molecular flexibility index (Phi) is 11.6. The molecule has 7 nitrogen and oxygen atoms in total. The van der Waals surface area contributed by atoms with Crippen LogP contribution in [-0.2, 0) is 11.3 Å². The van der Waals surface area contributed by atoms with Crippen LogP contribution >= 0.6 is 0 Å². The molecule has 0 saturated heterocycles. The second kappa shape index (κ2) is 13.6. The fourth-order valence-electron chi connectivity index (χ4n) is 2.86. The van der Waals surface area contributed by atoms with E-state index in [2.05, 4.69) is 29.5 Å². The van der Waals surface area contributed by atoms with E-state index in [9.17, 15) is 9.59 Å². The third kappa shape index (κ3) is 9.29. The molecular formula is C23H39N5O2. The zero-order valence-corrected chi connectivity index (χ0v) is 19.5. The van der Waals surface area contributed by atoms with Crippen molar-refractivity contribution in [1.29, 1.82) is 0 Å². The monoisotopic (exact) mass is 417 g/mol. The molecular weight excluding hydrogens is 378 g/mol. The largest absolute Gasteiger partial charge is 0.356 e. The van der Waals surface area contributed by atoms with Gasteiger partial charge >= 0.3 is 0 Å². The van der Waals surface area contributed by atoms with E-state index in [0.29, 0.717) is 24.0 Å². The van der Waals surface area contributed by atoms with Gasteiger partial charge < -0.3 is 20.4 Å². The van der Waals surface area contributed by atoms with Crippen LogP contribution in [0.1, 0.15) is 55.5 Å². The van der Waals surface area contributed by atoms with Crippen LogP contribution in [0, 0.1) is 5.92 Å². The van der Waals surface area contributed by atoms with Crippen molar-refractivity contribution in [2.24, 2.45) is 10.9 Å². The molecule has 0 aliphatic carbocycles. The molecule has 0 saturated carbocycles. The van der Waals surface area contributed by atoms with Crippen molar-refractivity contribution in [3.05, 3.63) is 35.4 Å². The molecule has 0 bridgehead atoms. The van der Waals surface area contributed by atoms with Crippen molar-refractivity contribution < 1.29 is 9.59 Å². The Morgan fingerprint density at radius 3 is 2.20 bits per heavy atom. The summed E-state index contributed by atoms with van der Waals surface area (Å²) in [5.74, 6) is 1.19. The maximum Gasteiger partial charge on any atom is 0.253 e. The predicted molar refractivity (Wildman–Crippen MR) is 124 cm³/mol. The second-order valence-corrected chi connectivity index (χ2v) is 8.00. The number of likely N-dealkylation sites (N-methyl/N-ethyl adjacent to an activating group) is 1. The molecule has 0 fully saturated rings. The summed E-state index contributed by atoms with van der Waals surface area (Å²) in [6.45, 7) is 5.90. The SMILES string of the molecule is CCCCC(CC)CNC(=NCc1ccc(C(=O)N(C)C)cc1)NCC(=O)N(C)C. The van der Waals surface area contributed by atoms with Crippen LogP contribution in [-0.4, -0.2) is 68.9 Å². The van der Waals surface area contributed by atoms with E-state index in [4.69, 9.17) is 0 Å². The molecule has 1 unspecified atom stereocenters. The number of benzene rings is 1. The highest BCUT2D eigenvalue weighted by atomic mass is 16.2. The minimum atomic E-state index is -0.0195. The Balaban J connectivity index is 2.79. The number of carbonyl (C=O) groups is 2. The van der Waals surface area contributed by atoms with Crippen molar-refractivity contribution in [1.82, 2.24) is 20.4 Å². The summed E-state index contributed by atoms with van der Waals surface area (Å²) in [6, 6.07) is 7.47. The van der Waals surface area contributed by atoms with Gasteiger partial charge in [-0.25, -0.2) is 4.99 Å². The number of aliphatic imine (C=N–C) groups is 1. The molecule has 0 aromatic heterocycles. The molecule has 1 aromatic rings. The van der Waals surface area contributed by atoms with Gasteiger partial charge in [-0.2, -0.15) is 0 Å². The third-order valence-electron chi connectivity index (χ3n) is 5.03. The van der Waals surface area contributed by atoms with Crippen LogP contribution in [0.4, 0.5) is 0 Å². The van der Waals surface area contributed by atoms with Crippen molar-refractivity contribution in [2.75, 3.05) is 41.3 Å². The van der Waals surface area contributed by atoms with Crippen LogP contribution in [0.3, 0.4) is 0 Å². The summed E-state index contributed by atoms with van der Waals surface area (Å²) in [6.07, 6.45) is 4.71. The summed E-state index contributed by atoms with van der Waals surface area (Å²) in [5.41, 5.74) is 1.66. The molecule has 0 radical (unpaired) electrons. The number of hydrogen-bond acceptors (Lipinski definition) is 3. The normalized spacial score (nSPS) is 12.3. The van der Waals surface area contributed by atoms with E-state index in [1.807, 2.05) is 24.3 Å². The zero-order valence-electron chi connectivity index (χ0n) is 19.5. The maximum absolute atomic E-state index is 12.0. The lowest BCUT2D eigenvalue weighted by molar-refractivity contribution is -0.127. The van der Waals surface area contributed by atoms with Gasteiger partial charge in [-0.1, -0.05) is 45.2 Å². The summed E-state index contributed by atoms with van der Waals surface area (Å²) >= 11 is 0. The summed E-state index contributed by atoms with van der Waals surface area (Å²) < 4.78 is 0. The van der Waals surface area contributed by atoms with Crippen LogP contribution in [0.5, 0.6) is 0 Å². The highest BCUT2D eigenvalue weighted by Crippen LogP contribution is 2.11. The first-order valence-electron chi connectivity index (χ1n) is 10.8. The predicted octanol–water partition coefficient (Wildman–Crippen LogP) is 2.73. The standard InChI is InChI=1S/C23H39N5O2/c1-7-9-10-18(8-2)15-24-23(26-17-21(29)27(3)4)25-16-19-11-13-20(14-12-19)22(30)28(5)6/h11-14,18H,7-10,15-17H2,1-6H3,(H2,24,25,26). The van der Waals surface area contributed by atoms with Gasteiger partial charge in [0.25, 0.3) is 5.91 Å². The summed E-state index contributed by atoms with van der Waals surface area (Å²) in [4.78, 5) is 31.7. The fourth-order valence-corrected chi connectivity index (χ4v) is 2.86. The number of amides is 2. The van der Waals surface area contributed by atoms with Crippen LogP contribution in [0.15, 0.2) is 29.3 Å². The highest BCUT2D eigenvalue weighted by molar-refractivity contribution is 5.93. The van der Waals surface area contributed by atoms with Gasteiger partial charge in [0.2, 0.25) is 5.91 Å². The zero-order chi connectivity index (χ0) is 22.5. The smallest absolute Gasteiger partial charge is 0.253 e. The molecule has 1 rings (SSSR count). The van der Waals surface area contributed by atoms with Crippen LogP contribution < -0.4 is 10.6 Å². The van der Waals surface area contributed by atoms with Crippen molar-refractivity contribution in [3.8, 4) is 0 Å². The molecule has 168 valence electrons. The summed E-state index contributed by atoms with van der Waals surface area (Å²) in [7, 11) is 6.96. The van der Waals surface area contributed by atoms with Gasteiger partial charge in [-0.15, -0.1) is 0 Å². The minimum Gasteiger partial charge on any atom is -0.356 e. The highest BCUT2D eigenvalue weighted by Gasteiger charge is 2.10. The molecule has 2 amide bonds. The average Bonchev–Trinajstić information content (AvgIpc) is 2.74. The number of carbonyl (C=O) groups excluding carboxylic acids is 2. The first-order valence-corrected chi connectivity index (χ1v) is 10.8. The van der Waals surface area contributed by atoms with Crippen LogP contribution in [0.25, 0.3) is 0 Å². The Morgan fingerprint density at radius 1 is 1.00 bits per heavy atom. The van der Waals surface area contributed by atoms with E-state index in [0.717, 1.165) is 18.5 Å². The molecule has 30 heavy (non-hydrogen) atoms. The first kappa shape index (κ1) is 25.5. The van der Waals surface area contributed by atoms with Crippen molar-refractivity contribution >= 4 is 17.8 Å². The fraction of sp³-hybridized carbons (Fsp3) is 0.609. The summed E-state index contributed by atoms with van der Waals surface area (Å²) in [5, 5.41) is 6.53. The van der Waals surface area contributed by atoms with E-state index >= 15 is 0 Å². The van der Waals surface area contributed by atoms with Gasteiger partial charge in [-0.05, 0) is 30.0 Å². The second-order valence-electron chi connectivity index (χ2n) is 8.00. The van der Waals surface area contributed by atoms with Crippen LogP contribution in [0.2, 0.25) is 0 Å². The number of nitrogens with zero attached hydrogens (tertiary/aromatic N) is 3. The van der Waals surface area contributed by atoms with Crippen molar-refractivity contribution in [2.45, 2.75) is 46.1 Å². The van der Waals surface area contributed by atoms with Gasteiger partial charge in [0, 0.05) is 40.3 Å². The number of hydrogen-bond donors (Lipinski definition) is 2. The van der Waals surface area contributed by atoms with E-state index in [-0.39, 0.29) is 18.4 Å². The Labute approximate surface area is 181 Å². The Morgan fingerprint density at radius 2 is 1.67 bits per heavy atom. The van der Waals surface area contributed by atoms with Gasteiger partial charge in [0.15, 0.2) is 5.96 Å². The van der Waals surface area contributed by atoms with E-state index in [1.54, 1.807) is 38.0 Å². The lowest BCUT2D eigenvalue weighted by Crippen LogP contribution is -2.44. The third-order valence-corrected chi connectivity index (χ3v) is 5.03. The molecule has 1 aromatic carbocycles. The van der Waals surface area contributed by atoms with Gasteiger partial charge in [-0.3, -0.25) is 9.59 Å². The lowest BCUT2D eigenvalue weighted by atomic mass is 9.99. The molecule has 7 heteroatoms. The molecule has 2 N–H and O–H groups in total. The number of unbranched alkanes of at least 4 members (excludes halogenated alkanes) is 1. The Bertz CT molecular complexity index is 683. The molecule has 0 aliphatic rings. The molecule has 1 atom stereocenters. The first-order chi connectivity index (χ1) is 14.3. The Hall–Kier alpha value is -2.57. The molecule has 0 heterocycles. The number of rotatable bonds is 11. The topological polar surface area (TPSA) is 77.0 Å². The average molecular weight is 418 g/mol. The van der Waals surface area contributed by atoms with Gasteiger partial charge in [0.1, 0.15) is 0 Å². The number of nitrogens with one attached hydrogen (secondary N) is 2. The molecule has 0 aliphatic heterocycles. The van der Waals surface area contributed by atoms with E-state index in [1.165, 1.54) is 19.3 Å². The quantitative estimate of drug-likeness (QED) is 0.429. The van der Waals surface area contributed by atoms with Gasteiger partial charge in [0.05, 0.1) is 13.1 Å². The maximum atomic E-state index is 12.0. The molecule has 0 spiro atoms. The minimum absolute atomic E-state index is 0.00549. The lowest BCUT2D eigenvalue weighted by Gasteiger charge is -2.19. The van der Waals surface area contributed by atoms with Crippen molar-refractivity contribution in [3.63, 3.8) is 0 Å². The number of guanidine groups is 1. The van der Waals surface area contributed by atoms with E-state index < -0.39 is 0 Å².